The largest absolute Gasteiger partial charge is 0.467 e. The van der Waals surface area contributed by atoms with Crippen molar-refractivity contribution in [2.75, 3.05) is 12.0 Å². The lowest BCUT2D eigenvalue weighted by Gasteiger charge is -2.29. The lowest BCUT2D eigenvalue weighted by molar-refractivity contribution is -0.141. The van der Waals surface area contributed by atoms with E-state index in [-0.39, 0.29) is 5.76 Å². The molecule has 0 aliphatic heterocycles. The first-order valence-corrected chi connectivity index (χ1v) is 6.85. The van der Waals surface area contributed by atoms with Crippen LogP contribution in [0, 0.1) is 13.8 Å². The molecule has 116 valence electrons. The molecular formula is C16H18N2O4. The molecule has 0 bridgehead atoms. The molecule has 2 rings (SSSR count). The summed E-state index contributed by atoms with van der Waals surface area (Å²) in [6.07, 6.45) is 1.39. The first-order chi connectivity index (χ1) is 10.5. The van der Waals surface area contributed by atoms with Gasteiger partial charge in [-0.2, -0.15) is 0 Å². The number of carbonyl (C=O) groups excluding carboxylic acids is 2. The summed E-state index contributed by atoms with van der Waals surface area (Å²) in [5, 5.41) is 3.55. The molecule has 22 heavy (non-hydrogen) atoms. The van der Waals surface area contributed by atoms with E-state index in [0.29, 0.717) is 5.69 Å². The first kappa shape index (κ1) is 15.8. The summed E-state index contributed by atoms with van der Waals surface area (Å²) in [5.74, 6) is -0.873. The van der Waals surface area contributed by atoms with Gasteiger partial charge in [0, 0.05) is 6.07 Å². The summed E-state index contributed by atoms with van der Waals surface area (Å²) in [4.78, 5) is 26.1. The SMILES string of the molecule is COC(=O)C(C)N(C(=O)c1ccno1)c1c(C)cccc1C. The molecule has 0 saturated heterocycles. The van der Waals surface area contributed by atoms with E-state index in [4.69, 9.17) is 9.26 Å². The molecule has 1 amide bonds. The highest BCUT2D eigenvalue weighted by Crippen LogP contribution is 2.28. The molecule has 0 radical (unpaired) electrons. The normalized spacial score (nSPS) is 11.8. The van der Waals surface area contributed by atoms with Gasteiger partial charge in [0.15, 0.2) is 0 Å². The van der Waals surface area contributed by atoms with Crippen LogP contribution >= 0.6 is 0 Å². The molecule has 0 N–H and O–H groups in total. The zero-order valence-electron chi connectivity index (χ0n) is 13.0. The van der Waals surface area contributed by atoms with Gasteiger partial charge in [-0.1, -0.05) is 23.4 Å². The number of anilines is 1. The third-order valence-corrected chi connectivity index (χ3v) is 3.48. The Kier molecular flexibility index (Phi) is 4.60. The van der Waals surface area contributed by atoms with E-state index in [2.05, 4.69) is 5.16 Å². The van der Waals surface area contributed by atoms with Crippen LogP contribution in [0.5, 0.6) is 0 Å². The van der Waals surface area contributed by atoms with Crippen LogP contribution in [0.2, 0.25) is 0 Å². The number of rotatable bonds is 4. The fourth-order valence-electron chi connectivity index (χ4n) is 2.38. The van der Waals surface area contributed by atoms with Gasteiger partial charge in [-0.05, 0) is 31.9 Å². The van der Waals surface area contributed by atoms with Gasteiger partial charge in [0.1, 0.15) is 6.04 Å². The number of methoxy groups -OCH3 is 1. The number of para-hydroxylation sites is 1. The van der Waals surface area contributed by atoms with Crippen molar-refractivity contribution in [3.05, 3.63) is 47.3 Å². The standard InChI is InChI=1S/C16H18N2O4/c1-10-6-5-7-11(2)14(10)18(12(3)16(20)21-4)15(19)13-8-9-17-22-13/h5-9,12H,1-4H3. The number of nitrogens with zero attached hydrogens (tertiary/aromatic N) is 2. The summed E-state index contributed by atoms with van der Waals surface area (Å²) in [6.45, 7) is 5.38. The quantitative estimate of drug-likeness (QED) is 0.811. The zero-order valence-corrected chi connectivity index (χ0v) is 13.0. The van der Waals surface area contributed by atoms with Gasteiger partial charge >= 0.3 is 5.97 Å². The maximum Gasteiger partial charge on any atom is 0.328 e. The molecular weight excluding hydrogens is 284 g/mol. The summed E-state index contributed by atoms with van der Waals surface area (Å²) in [5.41, 5.74) is 2.43. The van der Waals surface area contributed by atoms with Crippen molar-refractivity contribution in [2.45, 2.75) is 26.8 Å². The van der Waals surface area contributed by atoms with Crippen molar-refractivity contribution in [3.63, 3.8) is 0 Å². The number of hydrogen-bond donors (Lipinski definition) is 0. The smallest absolute Gasteiger partial charge is 0.328 e. The second-order valence-electron chi connectivity index (χ2n) is 4.99. The van der Waals surface area contributed by atoms with E-state index in [1.165, 1.54) is 24.3 Å². The molecule has 1 aromatic heterocycles. The highest BCUT2D eigenvalue weighted by molar-refractivity contribution is 6.08. The monoisotopic (exact) mass is 302 g/mol. The van der Waals surface area contributed by atoms with Crippen molar-refractivity contribution in [3.8, 4) is 0 Å². The fourth-order valence-corrected chi connectivity index (χ4v) is 2.38. The van der Waals surface area contributed by atoms with Gasteiger partial charge in [0.25, 0.3) is 5.91 Å². The Morgan fingerprint density at radius 2 is 1.86 bits per heavy atom. The maximum absolute atomic E-state index is 12.8. The first-order valence-electron chi connectivity index (χ1n) is 6.85. The minimum atomic E-state index is -0.789. The highest BCUT2D eigenvalue weighted by Gasteiger charge is 2.32. The van der Waals surface area contributed by atoms with Crippen LogP contribution in [0.25, 0.3) is 0 Å². The molecule has 6 heteroatoms. The number of aryl methyl sites for hydroxylation is 2. The van der Waals surface area contributed by atoms with Gasteiger partial charge in [0.05, 0.1) is 19.0 Å². The van der Waals surface area contributed by atoms with E-state index in [1.54, 1.807) is 6.92 Å². The van der Waals surface area contributed by atoms with E-state index >= 15 is 0 Å². The molecule has 0 aliphatic carbocycles. The Bertz CT molecular complexity index is 659. The number of ether oxygens (including phenoxy) is 1. The van der Waals surface area contributed by atoms with E-state index in [1.807, 2.05) is 32.0 Å². The molecule has 1 aromatic carbocycles. The lowest BCUT2D eigenvalue weighted by Crippen LogP contribution is -2.44. The molecule has 2 aromatic rings. The molecule has 1 atom stereocenters. The summed E-state index contributed by atoms with van der Waals surface area (Å²) < 4.78 is 9.73. The molecule has 0 spiro atoms. The van der Waals surface area contributed by atoms with Crippen molar-refractivity contribution in [2.24, 2.45) is 0 Å². The number of carbonyl (C=O) groups is 2. The topological polar surface area (TPSA) is 72.6 Å². The number of esters is 1. The average Bonchev–Trinajstić information content (AvgIpc) is 3.03. The Balaban J connectivity index is 2.55. The minimum Gasteiger partial charge on any atom is -0.467 e. The fraction of sp³-hybridized carbons (Fsp3) is 0.312. The second-order valence-corrected chi connectivity index (χ2v) is 4.99. The summed E-state index contributed by atoms with van der Waals surface area (Å²) in [6, 6.07) is 6.34. The van der Waals surface area contributed by atoms with Crippen molar-refractivity contribution in [1.29, 1.82) is 0 Å². The Hall–Kier alpha value is -2.63. The molecule has 1 unspecified atom stereocenters. The second kappa shape index (κ2) is 6.43. The highest BCUT2D eigenvalue weighted by atomic mass is 16.5. The maximum atomic E-state index is 12.8. The number of hydrogen-bond acceptors (Lipinski definition) is 5. The summed E-state index contributed by atoms with van der Waals surface area (Å²) in [7, 11) is 1.29. The van der Waals surface area contributed by atoms with Crippen molar-refractivity contribution in [1.82, 2.24) is 5.16 Å². The van der Waals surface area contributed by atoms with Crippen LogP contribution in [0.1, 0.15) is 28.6 Å². The predicted octanol–water partition coefficient (Wildman–Crippen LogP) is 2.50. The summed E-state index contributed by atoms with van der Waals surface area (Å²) >= 11 is 0. The van der Waals surface area contributed by atoms with Crippen molar-refractivity contribution < 1.29 is 18.8 Å². The Labute approximate surface area is 128 Å². The molecule has 0 saturated carbocycles. The van der Waals surface area contributed by atoms with Gasteiger partial charge in [-0.15, -0.1) is 0 Å². The third-order valence-electron chi connectivity index (χ3n) is 3.48. The third kappa shape index (κ3) is 2.86. The molecule has 6 nitrogen and oxygen atoms in total. The van der Waals surface area contributed by atoms with Crippen LogP contribution in [0.4, 0.5) is 5.69 Å². The Morgan fingerprint density at radius 1 is 1.23 bits per heavy atom. The number of amides is 1. The van der Waals surface area contributed by atoms with E-state index in [9.17, 15) is 9.59 Å². The van der Waals surface area contributed by atoms with Crippen molar-refractivity contribution >= 4 is 17.6 Å². The molecule has 0 aliphatic rings. The molecule has 1 heterocycles. The number of benzene rings is 1. The van der Waals surface area contributed by atoms with Crippen LogP contribution in [-0.2, 0) is 9.53 Å². The van der Waals surface area contributed by atoms with E-state index < -0.39 is 17.9 Å². The zero-order chi connectivity index (χ0) is 16.3. The van der Waals surface area contributed by atoms with Gasteiger partial charge < -0.3 is 9.26 Å². The van der Waals surface area contributed by atoms with Crippen LogP contribution < -0.4 is 4.90 Å². The van der Waals surface area contributed by atoms with Gasteiger partial charge in [-0.3, -0.25) is 9.69 Å². The average molecular weight is 302 g/mol. The van der Waals surface area contributed by atoms with Gasteiger partial charge in [-0.25, -0.2) is 4.79 Å². The van der Waals surface area contributed by atoms with E-state index in [0.717, 1.165) is 11.1 Å². The molecule has 0 fully saturated rings. The number of aromatic nitrogens is 1. The lowest BCUT2D eigenvalue weighted by atomic mass is 10.1. The van der Waals surface area contributed by atoms with Gasteiger partial charge in [0.2, 0.25) is 5.76 Å². The Morgan fingerprint density at radius 3 is 2.36 bits per heavy atom. The van der Waals surface area contributed by atoms with Crippen LogP contribution in [0.15, 0.2) is 35.0 Å². The van der Waals surface area contributed by atoms with Crippen LogP contribution in [-0.4, -0.2) is 30.2 Å². The van der Waals surface area contributed by atoms with Crippen LogP contribution in [0.3, 0.4) is 0 Å². The predicted molar refractivity (Wildman–Crippen MR) is 80.7 cm³/mol. The minimum absolute atomic E-state index is 0.0680.